The summed E-state index contributed by atoms with van der Waals surface area (Å²) in [5.74, 6) is -3.72. The molecule has 1 heterocycles. The normalized spacial score (nSPS) is 18.2. The minimum atomic E-state index is -0.961. The molecule has 1 aromatic carbocycles. The molecule has 0 radical (unpaired) electrons. The zero-order chi connectivity index (χ0) is 18.8. The molecule has 1 fully saturated rings. The Morgan fingerprint density at radius 1 is 1.24 bits per heavy atom. The van der Waals surface area contributed by atoms with Gasteiger partial charge in [0.25, 0.3) is 0 Å². The highest BCUT2D eigenvalue weighted by Gasteiger charge is 2.34. The van der Waals surface area contributed by atoms with Crippen LogP contribution in [0.5, 0.6) is 0 Å². The van der Waals surface area contributed by atoms with Crippen LogP contribution in [0.3, 0.4) is 0 Å². The molecule has 1 aliphatic rings. The molecule has 0 spiro atoms. The number of hydrogen-bond donors (Lipinski definition) is 0. The van der Waals surface area contributed by atoms with Crippen molar-refractivity contribution in [2.75, 3.05) is 13.1 Å². The predicted molar refractivity (Wildman–Crippen MR) is 86.2 cm³/mol. The Bertz CT molecular complexity index is 677. The SMILES string of the molecule is CC(C)(C)OC(=O)N1CCC(=O)C(CC(=O)c2c(F)cccc2F)C1. The largest absolute Gasteiger partial charge is 0.444 e. The molecule has 1 unspecified atom stereocenters. The van der Waals surface area contributed by atoms with E-state index >= 15 is 0 Å². The van der Waals surface area contributed by atoms with Gasteiger partial charge in [0.2, 0.25) is 0 Å². The number of hydrogen-bond acceptors (Lipinski definition) is 4. The van der Waals surface area contributed by atoms with Gasteiger partial charge in [-0.2, -0.15) is 0 Å². The van der Waals surface area contributed by atoms with Crippen LogP contribution in [0.15, 0.2) is 18.2 Å². The number of rotatable bonds is 3. The lowest BCUT2D eigenvalue weighted by Crippen LogP contribution is -2.46. The van der Waals surface area contributed by atoms with Crippen molar-refractivity contribution in [2.45, 2.75) is 39.2 Å². The molecule has 1 saturated heterocycles. The second-order valence-electron chi connectivity index (χ2n) is 7.06. The van der Waals surface area contributed by atoms with Gasteiger partial charge in [-0.15, -0.1) is 0 Å². The third-order valence-corrected chi connectivity index (χ3v) is 3.85. The fourth-order valence-corrected chi connectivity index (χ4v) is 2.67. The molecule has 7 heteroatoms. The zero-order valence-corrected chi connectivity index (χ0v) is 14.5. The van der Waals surface area contributed by atoms with E-state index in [1.54, 1.807) is 20.8 Å². The Hall–Kier alpha value is -2.31. The average molecular weight is 353 g/mol. The molecule has 1 amide bonds. The lowest BCUT2D eigenvalue weighted by molar-refractivity contribution is -0.125. The van der Waals surface area contributed by atoms with Gasteiger partial charge in [-0.1, -0.05) is 6.07 Å². The van der Waals surface area contributed by atoms with Crippen molar-refractivity contribution < 1.29 is 27.9 Å². The molecule has 0 saturated carbocycles. The number of Topliss-reactive ketones (excluding diaryl/α,β-unsaturated/α-hetero) is 2. The average Bonchev–Trinajstić information content (AvgIpc) is 2.47. The van der Waals surface area contributed by atoms with Gasteiger partial charge in [0.05, 0.1) is 5.56 Å². The van der Waals surface area contributed by atoms with Crippen molar-refractivity contribution in [1.29, 1.82) is 0 Å². The lowest BCUT2D eigenvalue weighted by Gasteiger charge is -2.33. The van der Waals surface area contributed by atoms with Gasteiger partial charge in [-0.3, -0.25) is 9.59 Å². The number of benzene rings is 1. The summed E-state index contributed by atoms with van der Waals surface area (Å²) in [5, 5.41) is 0. The number of halogens is 2. The monoisotopic (exact) mass is 353 g/mol. The van der Waals surface area contributed by atoms with Crippen LogP contribution in [0.4, 0.5) is 13.6 Å². The maximum Gasteiger partial charge on any atom is 0.410 e. The Morgan fingerprint density at radius 2 is 1.84 bits per heavy atom. The quantitative estimate of drug-likeness (QED) is 0.782. The van der Waals surface area contributed by atoms with Crippen molar-refractivity contribution in [3.8, 4) is 0 Å². The van der Waals surface area contributed by atoms with E-state index in [-0.39, 0.29) is 31.7 Å². The van der Waals surface area contributed by atoms with Crippen LogP contribution in [0.2, 0.25) is 0 Å². The number of carbonyl (C=O) groups is 3. The molecule has 0 N–H and O–H groups in total. The van der Waals surface area contributed by atoms with E-state index in [0.29, 0.717) is 0 Å². The Kier molecular flexibility index (Phi) is 5.55. The maximum absolute atomic E-state index is 13.7. The van der Waals surface area contributed by atoms with E-state index in [1.165, 1.54) is 4.90 Å². The third-order valence-electron chi connectivity index (χ3n) is 3.85. The van der Waals surface area contributed by atoms with E-state index in [1.807, 2.05) is 0 Å². The minimum Gasteiger partial charge on any atom is -0.444 e. The second-order valence-corrected chi connectivity index (χ2v) is 7.06. The molecule has 0 aromatic heterocycles. The number of amides is 1. The molecule has 2 rings (SSSR count). The first-order valence-corrected chi connectivity index (χ1v) is 8.06. The summed E-state index contributed by atoms with van der Waals surface area (Å²) in [7, 11) is 0. The summed E-state index contributed by atoms with van der Waals surface area (Å²) in [6, 6.07) is 3.15. The highest BCUT2D eigenvalue weighted by molar-refractivity contribution is 5.99. The number of nitrogens with zero attached hydrogens (tertiary/aromatic N) is 1. The van der Waals surface area contributed by atoms with Gasteiger partial charge in [0.1, 0.15) is 23.0 Å². The Morgan fingerprint density at radius 3 is 2.40 bits per heavy atom. The smallest absolute Gasteiger partial charge is 0.410 e. The van der Waals surface area contributed by atoms with Gasteiger partial charge in [0.15, 0.2) is 5.78 Å². The molecule has 136 valence electrons. The van der Waals surface area contributed by atoms with E-state index in [2.05, 4.69) is 0 Å². The molecule has 1 aromatic rings. The van der Waals surface area contributed by atoms with Crippen molar-refractivity contribution in [2.24, 2.45) is 5.92 Å². The van der Waals surface area contributed by atoms with Crippen molar-refractivity contribution >= 4 is 17.7 Å². The summed E-state index contributed by atoms with van der Waals surface area (Å²) >= 11 is 0. The van der Waals surface area contributed by atoms with Gasteiger partial charge >= 0.3 is 6.09 Å². The summed E-state index contributed by atoms with van der Waals surface area (Å²) in [5.41, 5.74) is -1.33. The van der Waals surface area contributed by atoms with Crippen LogP contribution in [-0.4, -0.2) is 41.3 Å². The fourth-order valence-electron chi connectivity index (χ4n) is 2.67. The predicted octanol–water partition coefficient (Wildman–Crippen LogP) is 3.36. The van der Waals surface area contributed by atoms with E-state index < -0.39 is 40.6 Å². The number of carbonyl (C=O) groups excluding carboxylic acids is 3. The number of ether oxygens (including phenoxy) is 1. The molecular formula is C18H21F2NO4. The highest BCUT2D eigenvalue weighted by atomic mass is 19.1. The van der Waals surface area contributed by atoms with Crippen LogP contribution in [0, 0.1) is 17.6 Å². The van der Waals surface area contributed by atoms with Crippen LogP contribution in [0.1, 0.15) is 44.0 Å². The summed E-state index contributed by atoms with van der Waals surface area (Å²) < 4.78 is 32.7. The van der Waals surface area contributed by atoms with E-state index in [0.717, 1.165) is 18.2 Å². The summed E-state index contributed by atoms with van der Waals surface area (Å²) in [6.45, 7) is 5.37. The molecular weight excluding hydrogens is 332 g/mol. The first-order valence-electron chi connectivity index (χ1n) is 8.06. The topological polar surface area (TPSA) is 63.7 Å². The molecule has 25 heavy (non-hydrogen) atoms. The molecule has 1 aliphatic heterocycles. The van der Waals surface area contributed by atoms with Crippen LogP contribution >= 0.6 is 0 Å². The minimum absolute atomic E-state index is 0.00441. The van der Waals surface area contributed by atoms with Crippen LogP contribution < -0.4 is 0 Å². The first-order chi connectivity index (χ1) is 11.6. The highest BCUT2D eigenvalue weighted by Crippen LogP contribution is 2.23. The zero-order valence-electron chi connectivity index (χ0n) is 14.5. The lowest BCUT2D eigenvalue weighted by atomic mass is 9.89. The van der Waals surface area contributed by atoms with Crippen LogP contribution in [0.25, 0.3) is 0 Å². The third kappa shape index (κ3) is 4.84. The molecule has 1 atom stereocenters. The Labute approximate surface area is 144 Å². The van der Waals surface area contributed by atoms with Gasteiger partial charge < -0.3 is 9.64 Å². The van der Waals surface area contributed by atoms with Gasteiger partial charge in [-0.25, -0.2) is 13.6 Å². The summed E-state index contributed by atoms with van der Waals surface area (Å²) in [4.78, 5) is 37.8. The summed E-state index contributed by atoms with van der Waals surface area (Å²) in [6.07, 6.45) is -0.845. The first kappa shape index (κ1) is 19.0. The van der Waals surface area contributed by atoms with Gasteiger partial charge in [-0.05, 0) is 32.9 Å². The van der Waals surface area contributed by atoms with E-state index in [9.17, 15) is 23.2 Å². The fraction of sp³-hybridized carbons (Fsp3) is 0.500. The standard InChI is InChI=1S/C18H21F2NO4/c1-18(2,3)25-17(24)21-8-7-14(22)11(10-21)9-15(23)16-12(19)5-4-6-13(16)20/h4-6,11H,7-10H2,1-3H3. The second kappa shape index (κ2) is 7.29. The Balaban J connectivity index is 2.09. The number of likely N-dealkylation sites (tertiary alicyclic amines) is 1. The molecule has 0 bridgehead atoms. The van der Waals surface area contributed by atoms with Crippen molar-refractivity contribution in [3.05, 3.63) is 35.4 Å². The van der Waals surface area contributed by atoms with Gasteiger partial charge in [0, 0.05) is 31.8 Å². The van der Waals surface area contributed by atoms with E-state index in [4.69, 9.17) is 4.74 Å². The van der Waals surface area contributed by atoms with Crippen LogP contribution in [-0.2, 0) is 9.53 Å². The maximum atomic E-state index is 13.7. The molecule has 0 aliphatic carbocycles. The van der Waals surface area contributed by atoms with Crippen molar-refractivity contribution in [3.63, 3.8) is 0 Å². The number of ketones is 2. The number of piperidine rings is 1. The van der Waals surface area contributed by atoms with Crippen molar-refractivity contribution in [1.82, 2.24) is 4.90 Å². The molecule has 5 nitrogen and oxygen atoms in total.